The third-order valence-electron chi connectivity index (χ3n) is 3.64. The Bertz CT molecular complexity index is 670. The zero-order valence-corrected chi connectivity index (χ0v) is 14.8. The van der Waals surface area contributed by atoms with E-state index in [9.17, 15) is 4.79 Å². The first-order chi connectivity index (χ1) is 10.4. The molecule has 0 saturated carbocycles. The van der Waals surface area contributed by atoms with E-state index in [4.69, 9.17) is 0 Å². The second kappa shape index (κ2) is 7.02. The molecule has 1 amide bonds. The highest BCUT2D eigenvalue weighted by Gasteiger charge is 2.19. The lowest BCUT2D eigenvalue weighted by molar-refractivity contribution is -0.117. The number of rotatable bonds is 5. The molecule has 22 heavy (non-hydrogen) atoms. The standard InChI is InChI=1S/C15H20BrN5O/c1-10-7-12(16)5-6-13(10)18-14(22)8-20(3)11(2)15-19-17-9-21(15)4/h5-7,9,11H,8H2,1-4H3,(H,18,22). The Labute approximate surface area is 138 Å². The first-order valence-corrected chi connectivity index (χ1v) is 7.78. The zero-order chi connectivity index (χ0) is 16.3. The third kappa shape index (κ3) is 3.92. The van der Waals surface area contributed by atoms with Gasteiger partial charge in [-0.25, -0.2) is 0 Å². The molecule has 0 spiro atoms. The number of hydrogen-bond donors (Lipinski definition) is 1. The van der Waals surface area contributed by atoms with Crippen LogP contribution in [0.15, 0.2) is 29.0 Å². The van der Waals surface area contributed by atoms with Gasteiger partial charge in [0.05, 0.1) is 12.6 Å². The van der Waals surface area contributed by atoms with Gasteiger partial charge in [-0.15, -0.1) is 10.2 Å². The number of aromatic nitrogens is 3. The van der Waals surface area contributed by atoms with Gasteiger partial charge in [0.2, 0.25) is 5.91 Å². The summed E-state index contributed by atoms with van der Waals surface area (Å²) in [6.45, 7) is 4.25. The van der Waals surface area contributed by atoms with E-state index in [1.165, 1.54) is 0 Å². The minimum atomic E-state index is -0.0538. The van der Waals surface area contributed by atoms with Crippen LogP contribution in [0, 0.1) is 6.92 Å². The van der Waals surface area contributed by atoms with Crippen molar-refractivity contribution in [1.82, 2.24) is 19.7 Å². The molecule has 2 rings (SSSR count). The van der Waals surface area contributed by atoms with Crippen LogP contribution in [-0.2, 0) is 11.8 Å². The van der Waals surface area contributed by atoms with Gasteiger partial charge in [0, 0.05) is 17.2 Å². The molecule has 0 bridgehead atoms. The van der Waals surface area contributed by atoms with Crippen molar-refractivity contribution < 1.29 is 4.79 Å². The SMILES string of the molecule is Cc1cc(Br)ccc1NC(=O)CN(C)C(C)c1nncn1C. The monoisotopic (exact) mass is 365 g/mol. The summed E-state index contributed by atoms with van der Waals surface area (Å²) < 4.78 is 2.86. The number of carbonyl (C=O) groups is 1. The molecule has 7 heteroatoms. The van der Waals surface area contributed by atoms with Crippen molar-refractivity contribution in [3.8, 4) is 0 Å². The molecular formula is C15H20BrN5O. The van der Waals surface area contributed by atoms with E-state index in [-0.39, 0.29) is 18.5 Å². The van der Waals surface area contributed by atoms with E-state index in [1.807, 2.05) is 55.6 Å². The van der Waals surface area contributed by atoms with E-state index >= 15 is 0 Å². The first-order valence-electron chi connectivity index (χ1n) is 6.98. The van der Waals surface area contributed by atoms with E-state index in [1.54, 1.807) is 6.33 Å². The Morgan fingerprint density at radius 2 is 2.23 bits per heavy atom. The van der Waals surface area contributed by atoms with Crippen molar-refractivity contribution in [2.45, 2.75) is 19.9 Å². The van der Waals surface area contributed by atoms with Crippen LogP contribution in [0.4, 0.5) is 5.69 Å². The van der Waals surface area contributed by atoms with Gasteiger partial charge in [0.1, 0.15) is 12.2 Å². The summed E-state index contributed by atoms with van der Waals surface area (Å²) in [6.07, 6.45) is 1.66. The van der Waals surface area contributed by atoms with Gasteiger partial charge in [-0.05, 0) is 44.7 Å². The van der Waals surface area contributed by atoms with Crippen molar-refractivity contribution in [2.24, 2.45) is 7.05 Å². The van der Waals surface area contributed by atoms with Crippen molar-refractivity contribution >= 4 is 27.5 Å². The quantitative estimate of drug-likeness (QED) is 0.883. The van der Waals surface area contributed by atoms with Gasteiger partial charge >= 0.3 is 0 Å². The Morgan fingerprint density at radius 1 is 1.50 bits per heavy atom. The number of anilines is 1. The second-order valence-electron chi connectivity index (χ2n) is 5.40. The molecule has 0 aliphatic carbocycles. The lowest BCUT2D eigenvalue weighted by Gasteiger charge is -2.23. The topological polar surface area (TPSA) is 63.1 Å². The molecule has 118 valence electrons. The minimum absolute atomic E-state index is 0.00395. The average Bonchev–Trinajstić information content (AvgIpc) is 2.87. The van der Waals surface area contributed by atoms with Crippen molar-refractivity contribution in [2.75, 3.05) is 18.9 Å². The highest BCUT2D eigenvalue weighted by Crippen LogP contribution is 2.20. The smallest absolute Gasteiger partial charge is 0.238 e. The van der Waals surface area contributed by atoms with Crippen LogP contribution < -0.4 is 5.32 Å². The number of halogens is 1. The maximum atomic E-state index is 12.2. The molecule has 2 aromatic rings. The number of nitrogens with zero attached hydrogens (tertiary/aromatic N) is 4. The summed E-state index contributed by atoms with van der Waals surface area (Å²) in [6, 6.07) is 5.78. The fourth-order valence-corrected chi connectivity index (χ4v) is 2.66. The molecule has 0 fully saturated rings. The van der Waals surface area contributed by atoms with E-state index in [0.29, 0.717) is 0 Å². The maximum Gasteiger partial charge on any atom is 0.238 e. The van der Waals surface area contributed by atoms with Crippen LogP contribution in [0.25, 0.3) is 0 Å². The minimum Gasteiger partial charge on any atom is -0.325 e. The highest BCUT2D eigenvalue weighted by molar-refractivity contribution is 9.10. The zero-order valence-electron chi connectivity index (χ0n) is 13.2. The predicted molar refractivity (Wildman–Crippen MR) is 89.6 cm³/mol. The van der Waals surface area contributed by atoms with Gasteiger partial charge in [-0.1, -0.05) is 15.9 Å². The highest BCUT2D eigenvalue weighted by atomic mass is 79.9. The molecule has 0 saturated heterocycles. The number of carbonyl (C=O) groups excluding carboxylic acids is 1. The maximum absolute atomic E-state index is 12.2. The van der Waals surface area contributed by atoms with E-state index in [0.717, 1.165) is 21.5 Å². The molecule has 0 aliphatic heterocycles. The van der Waals surface area contributed by atoms with Crippen LogP contribution in [-0.4, -0.2) is 39.2 Å². The summed E-state index contributed by atoms with van der Waals surface area (Å²) in [5.74, 6) is 0.775. The molecule has 0 aliphatic rings. The Morgan fingerprint density at radius 3 is 2.82 bits per heavy atom. The summed E-state index contributed by atoms with van der Waals surface area (Å²) in [7, 11) is 3.79. The van der Waals surface area contributed by atoms with Gasteiger partial charge in [0.25, 0.3) is 0 Å². The van der Waals surface area contributed by atoms with Gasteiger partial charge in [0.15, 0.2) is 0 Å². The van der Waals surface area contributed by atoms with Crippen LogP contribution in [0.5, 0.6) is 0 Å². The number of likely N-dealkylation sites (N-methyl/N-ethyl adjacent to an activating group) is 1. The van der Waals surface area contributed by atoms with Crippen LogP contribution >= 0.6 is 15.9 Å². The Hall–Kier alpha value is -1.73. The summed E-state index contributed by atoms with van der Waals surface area (Å²) in [5, 5.41) is 10.9. The number of hydrogen-bond acceptors (Lipinski definition) is 4. The third-order valence-corrected chi connectivity index (χ3v) is 4.13. The normalized spacial score (nSPS) is 12.5. The molecule has 1 aromatic heterocycles. The molecule has 1 N–H and O–H groups in total. The lowest BCUT2D eigenvalue weighted by Crippen LogP contribution is -2.33. The molecule has 0 radical (unpaired) electrons. The van der Waals surface area contributed by atoms with Crippen LogP contribution in [0.3, 0.4) is 0 Å². The van der Waals surface area contributed by atoms with Gasteiger partial charge in [-0.3, -0.25) is 9.69 Å². The van der Waals surface area contributed by atoms with E-state index in [2.05, 4.69) is 31.4 Å². The molecule has 1 unspecified atom stereocenters. The number of benzene rings is 1. The van der Waals surface area contributed by atoms with Crippen molar-refractivity contribution in [3.63, 3.8) is 0 Å². The lowest BCUT2D eigenvalue weighted by atomic mass is 10.2. The number of amides is 1. The summed E-state index contributed by atoms with van der Waals surface area (Å²) in [5.41, 5.74) is 1.85. The molecule has 1 heterocycles. The molecule has 6 nitrogen and oxygen atoms in total. The van der Waals surface area contributed by atoms with E-state index < -0.39 is 0 Å². The fourth-order valence-electron chi connectivity index (χ4n) is 2.19. The van der Waals surface area contributed by atoms with Crippen molar-refractivity contribution in [3.05, 3.63) is 40.4 Å². The fraction of sp³-hybridized carbons (Fsp3) is 0.400. The summed E-state index contributed by atoms with van der Waals surface area (Å²) >= 11 is 3.41. The first kappa shape index (κ1) is 16.6. The summed E-state index contributed by atoms with van der Waals surface area (Å²) in [4.78, 5) is 14.1. The molecule has 1 aromatic carbocycles. The number of aryl methyl sites for hydroxylation is 2. The average molecular weight is 366 g/mol. The predicted octanol–water partition coefficient (Wildman–Crippen LogP) is 2.52. The van der Waals surface area contributed by atoms with Crippen LogP contribution in [0.1, 0.15) is 24.4 Å². The van der Waals surface area contributed by atoms with Gasteiger partial charge < -0.3 is 9.88 Å². The van der Waals surface area contributed by atoms with Gasteiger partial charge in [-0.2, -0.15) is 0 Å². The Balaban J connectivity index is 1.98. The Kier molecular flexibility index (Phi) is 5.31. The molecular weight excluding hydrogens is 346 g/mol. The van der Waals surface area contributed by atoms with Crippen molar-refractivity contribution in [1.29, 1.82) is 0 Å². The van der Waals surface area contributed by atoms with Crippen LogP contribution in [0.2, 0.25) is 0 Å². The largest absolute Gasteiger partial charge is 0.325 e. The second-order valence-corrected chi connectivity index (χ2v) is 6.31. The molecule has 1 atom stereocenters. The number of nitrogens with one attached hydrogen (secondary N) is 1.